The van der Waals surface area contributed by atoms with Crippen LogP contribution in [0.3, 0.4) is 0 Å². The topological polar surface area (TPSA) is 9.72 Å². The highest BCUT2D eigenvalue weighted by Gasteiger charge is 2.58. The number of fused-ring (bicyclic) bond motifs is 13. The number of hydrogen-bond donors (Lipinski definition) is 0. The van der Waals surface area contributed by atoms with Crippen LogP contribution in [-0.2, 0) is 5.41 Å². The predicted octanol–water partition coefficient (Wildman–Crippen LogP) is 16.8. The van der Waals surface area contributed by atoms with Gasteiger partial charge in [0.2, 0.25) is 0 Å². The summed E-state index contributed by atoms with van der Waals surface area (Å²) in [6.45, 7) is 12.1. The molecule has 5 heterocycles. The number of anilines is 8. The Labute approximate surface area is 424 Å². The van der Waals surface area contributed by atoms with Crippen LogP contribution in [0.15, 0.2) is 176 Å². The second-order valence-electron chi connectivity index (χ2n) is 21.3. The van der Waals surface area contributed by atoms with E-state index in [0.29, 0.717) is 0 Å². The zero-order chi connectivity index (χ0) is 47.5. The van der Waals surface area contributed by atoms with Crippen LogP contribution in [0, 0.1) is 20.8 Å². The van der Waals surface area contributed by atoms with Gasteiger partial charge < -0.3 is 14.7 Å². The van der Waals surface area contributed by atoms with E-state index in [1.807, 2.05) is 22.7 Å². The highest BCUT2D eigenvalue weighted by molar-refractivity contribution is 7.26. The zero-order valence-electron chi connectivity index (χ0n) is 40.8. The molecule has 1 aliphatic carbocycles. The first-order valence-electron chi connectivity index (χ1n) is 25.5. The van der Waals surface area contributed by atoms with Crippen LogP contribution in [0.4, 0.5) is 45.5 Å². The summed E-state index contributed by atoms with van der Waals surface area (Å²) in [6, 6.07) is 67.7. The first-order chi connectivity index (χ1) is 34.7. The van der Waals surface area contributed by atoms with E-state index >= 15 is 0 Å². The van der Waals surface area contributed by atoms with Gasteiger partial charge in [-0.05, 0) is 157 Å². The number of benzene rings is 9. The Hall–Kier alpha value is -7.12. The molecular weight excluding hydrogens is 898 g/mol. The van der Waals surface area contributed by atoms with Crippen LogP contribution in [0.5, 0.6) is 0 Å². The molecule has 1 fully saturated rings. The van der Waals surface area contributed by atoms with E-state index < -0.39 is 0 Å². The van der Waals surface area contributed by atoms with Crippen LogP contribution in [0.1, 0.15) is 61.8 Å². The Morgan fingerprint density at radius 1 is 0.465 bits per heavy atom. The molecule has 0 amide bonds. The molecule has 342 valence electrons. The van der Waals surface area contributed by atoms with Crippen molar-refractivity contribution < 1.29 is 0 Å². The van der Waals surface area contributed by atoms with Gasteiger partial charge in [-0.1, -0.05) is 129 Å². The van der Waals surface area contributed by atoms with Crippen molar-refractivity contribution in [3.8, 4) is 11.1 Å². The van der Waals surface area contributed by atoms with Crippen molar-refractivity contribution in [2.24, 2.45) is 0 Å². The third-order valence-corrected chi connectivity index (χ3v) is 19.7. The summed E-state index contributed by atoms with van der Waals surface area (Å²) in [6.07, 6.45) is 4.87. The van der Waals surface area contributed by atoms with E-state index in [1.54, 1.807) is 5.56 Å². The first-order valence-corrected chi connectivity index (χ1v) is 27.1. The van der Waals surface area contributed by atoms with Crippen molar-refractivity contribution in [1.82, 2.24) is 0 Å². The number of hydrogen-bond acceptors (Lipinski definition) is 5. The molecule has 2 unspecified atom stereocenters. The molecule has 71 heavy (non-hydrogen) atoms. The Morgan fingerprint density at radius 2 is 1.08 bits per heavy atom. The lowest BCUT2D eigenvalue weighted by Gasteiger charge is -2.51. The maximum Gasteiger partial charge on any atom is 0.252 e. The summed E-state index contributed by atoms with van der Waals surface area (Å²) < 4.78 is 5.26. The monoisotopic (exact) mass is 949 g/mol. The van der Waals surface area contributed by atoms with Crippen molar-refractivity contribution in [3.63, 3.8) is 0 Å². The van der Waals surface area contributed by atoms with Crippen molar-refractivity contribution in [2.45, 2.75) is 71.3 Å². The average Bonchev–Trinajstić information content (AvgIpc) is 4.03. The minimum atomic E-state index is -0.0777. The minimum absolute atomic E-state index is 0.0112. The lowest BCUT2D eigenvalue weighted by atomic mass is 9.33. The third-order valence-electron chi connectivity index (χ3n) is 17.3. The van der Waals surface area contributed by atoms with Crippen molar-refractivity contribution >= 4 is 132 Å². The molecule has 2 aromatic heterocycles. The van der Waals surface area contributed by atoms with Gasteiger partial charge in [0.15, 0.2) is 0 Å². The van der Waals surface area contributed by atoms with Gasteiger partial charge in [0.1, 0.15) is 0 Å². The Morgan fingerprint density at radius 3 is 1.90 bits per heavy atom. The van der Waals surface area contributed by atoms with Gasteiger partial charge in [0.05, 0.1) is 21.6 Å². The molecule has 11 aromatic rings. The number of thiophene rings is 2. The quantitative estimate of drug-likeness (QED) is 0.163. The van der Waals surface area contributed by atoms with E-state index in [0.717, 1.165) is 6.42 Å². The van der Waals surface area contributed by atoms with Gasteiger partial charge in [-0.2, -0.15) is 0 Å². The normalized spacial score (nSPS) is 18.8. The van der Waals surface area contributed by atoms with Gasteiger partial charge in [-0.25, -0.2) is 0 Å². The number of aryl methyl sites for hydroxylation is 3. The maximum atomic E-state index is 2.80. The smallest absolute Gasteiger partial charge is 0.252 e. The highest BCUT2D eigenvalue weighted by atomic mass is 32.1. The van der Waals surface area contributed by atoms with Crippen LogP contribution in [-0.4, -0.2) is 12.3 Å². The fourth-order valence-corrected chi connectivity index (χ4v) is 16.5. The fourth-order valence-electron chi connectivity index (χ4n) is 14.2. The third kappa shape index (κ3) is 5.66. The summed E-state index contributed by atoms with van der Waals surface area (Å²) in [5.74, 6) is 0. The largest absolute Gasteiger partial charge is 0.334 e. The van der Waals surface area contributed by atoms with Gasteiger partial charge >= 0.3 is 0 Å². The molecule has 0 radical (unpaired) electrons. The molecule has 0 N–H and O–H groups in total. The molecule has 2 atom stereocenters. The van der Waals surface area contributed by atoms with E-state index in [2.05, 4.69) is 225 Å². The molecule has 4 aliphatic rings. The van der Waals surface area contributed by atoms with Gasteiger partial charge in [-0.15, -0.1) is 22.7 Å². The summed E-state index contributed by atoms with van der Waals surface area (Å²) in [5.41, 5.74) is 22.1. The molecule has 9 aromatic carbocycles. The molecule has 0 saturated heterocycles. The molecule has 15 rings (SSSR count). The summed E-state index contributed by atoms with van der Waals surface area (Å²) in [7, 11) is 0. The molecule has 0 bridgehead atoms. The lowest BCUT2D eigenvalue weighted by molar-refractivity contribution is 0.194. The lowest BCUT2D eigenvalue weighted by Crippen LogP contribution is -2.61. The standard InChI is InChI=1S/C65H52BN3S2/c1-39-33-41(3)61-54(34-39)69(65(5)32-14-13-31-64(61,65)4)44-28-30-49-53(38-44)68(51-23-15-21-46-45-19-9-11-24-57(45)71-63(46)51)56-36-40(2)35-55-62(56)66(49)48-29-27-43(42-17-7-6-8-18-42)37-52(48)67(55)50-22-16-26-59-60(50)47-20-10-12-25-58(47)70-59/h6-12,15-30,33-38H,13-14,31-32H2,1-5H3. The molecule has 6 heteroatoms. The number of rotatable bonds is 4. The Kier molecular flexibility index (Phi) is 8.77. The van der Waals surface area contributed by atoms with Gasteiger partial charge in [0.25, 0.3) is 6.71 Å². The van der Waals surface area contributed by atoms with E-state index in [1.165, 1.54) is 149 Å². The second kappa shape index (κ2) is 15.0. The summed E-state index contributed by atoms with van der Waals surface area (Å²) >= 11 is 3.82. The first kappa shape index (κ1) is 41.6. The van der Waals surface area contributed by atoms with Crippen LogP contribution < -0.4 is 31.1 Å². The second-order valence-corrected chi connectivity index (χ2v) is 23.5. The molecule has 3 aliphatic heterocycles. The molecule has 3 nitrogen and oxygen atoms in total. The van der Waals surface area contributed by atoms with Crippen molar-refractivity contribution in [1.29, 1.82) is 0 Å². The van der Waals surface area contributed by atoms with Crippen LogP contribution in [0.25, 0.3) is 51.5 Å². The van der Waals surface area contributed by atoms with Crippen molar-refractivity contribution in [2.75, 3.05) is 14.7 Å². The van der Waals surface area contributed by atoms with E-state index in [9.17, 15) is 0 Å². The Balaban J connectivity index is 1.05. The molecule has 0 spiro atoms. The molecular formula is C65H52BN3S2. The predicted molar refractivity (Wildman–Crippen MR) is 309 cm³/mol. The van der Waals surface area contributed by atoms with Gasteiger partial charge in [-0.3, -0.25) is 0 Å². The fraction of sp³-hybridized carbons (Fsp3) is 0.169. The van der Waals surface area contributed by atoms with Crippen molar-refractivity contribution in [3.05, 3.63) is 198 Å². The van der Waals surface area contributed by atoms with Crippen LogP contribution >= 0.6 is 22.7 Å². The SMILES string of the molecule is Cc1cc2c3c(c1)N(c1cccc4sc5ccccc5c14)c1cc(-c4ccccc4)ccc1B3c1ccc(N3c4cc(C)cc(C)c4C4(C)CCCCC34C)cc1N2c1cccc2c1sc1ccccc12. The summed E-state index contributed by atoms with van der Waals surface area (Å²) in [4.78, 5) is 8.12. The van der Waals surface area contributed by atoms with Gasteiger partial charge in [0, 0.05) is 75.2 Å². The zero-order valence-corrected chi connectivity index (χ0v) is 42.4. The van der Waals surface area contributed by atoms with E-state index in [4.69, 9.17) is 0 Å². The van der Waals surface area contributed by atoms with Crippen LogP contribution in [0.2, 0.25) is 0 Å². The summed E-state index contributed by atoms with van der Waals surface area (Å²) in [5, 5.41) is 5.25. The minimum Gasteiger partial charge on any atom is -0.334 e. The maximum absolute atomic E-state index is 2.80. The Bertz CT molecular complexity index is 4070. The van der Waals surface area contributed by atoms with E-state index in [-0.39, 0.29) is 17.7 Å². The highest BCUT2D eigenvalue weighted by Crippen LogP contribution is 2.62. The average molecular weight is 950 g/mol. The molecule has 1 saturated carbocycles. The number of nitrogens with zero attached hydrogens (tertiary/aromatic N) is 3.